The Labute approximate surface area is 130 Å². The minimum atomic E-state index is 0.570. The molecule has 1 aliphatic rings. The Morgan fingerprint density at radius 3 is 2.73 bits per heavy atom. The number of nitrogens with one attached hydrogen (secondary N) is 1. The summed E-state index contributed by atoms with van der Waals surface area (Å²) in [4.78, 5) is 11.2. The Bertz CT molecular complexity index is 653. The summed E-state index contributed by atoms with van der Waals surface area (Å²) in [6.07, 6.45) is 7.22. The average molecular weight is 293 g/mol. The first-order chi connectivity index (χ1) is 10.9. The van der Waals surface area contributed by atoms with Crippen molar-refractivity contribution in [1.82, 2.24) is 9.97 Å². The number of rotatable bonds is 4. The topological polar surface area (TPSA) is 64.8 Å². The Balaban J connectivity index is 1.70. The molecule has 0 radical (unpaired) electrons. The van der Waals surface area contributed by atoms with E-state index in [4.69, 9.17) is 5.26 Å². The number of nitrogens with zero attached hydrogens (tertiary/aromatic N) is 4. The van der Waals surface area contributed by atoms with E-state index >= 15 is 0 Å². The van der Waals surface area contributed by atoms with Crippen LogP contribution < -0.4 is 10.2 Å². The van der Waals surface area contributed by atoms with E-state index in [-0.39, 0.29) is 0 Å². The van der Waals surface area contributed by atoms with E-state index in [1.165, 1.54) is 24.8 Å². The van der Waals surface area contributed by atoms with Crippen molar-refractivity contribution in [3.8, 4) is 6.07 Å². The maximum Gasteiger partial charge on any atom is 0.133 e. The zero-order chi connectivity index (χ0) is 15.2. The van der Waals surface area contributed by atoms with Gasteiger partial charge in [0, 0.05) is 37.6 Å². The van der Waals surface area contributed by atoms with Gasteiger partial charge in [0.2, 0.25) is 0 Å². The smallest absolute Gasteiger partial charge is 0.133 e. The van der Waals surface area contributed by atoms with Crippen molar-refractivity contribution in [3.05, 3.63) is 47.8 Å². The summed E-state index contributed by atoms with van der Waals surface area (Å²) in [5.41, 5.74) is 1.75. The second-order valence-electron chi connectivity index (χ2n) is 5.43. The predicted octanol–water partition coefficient (Wildman–Crippen LogP) is 2.95. The van der Waals surface area contributed by atoms with Gasteiger partial charge in [-0.15, -0.1) is 0 Å². The fourth-order valence-electron chi connectivity index (χ4n) is 2.71. The minimum Gasteiger partial charge on any atom is -0.366 e. The molecule has 1 aliphatic heterocycles. The summed E-state index contributed by atoms with van der Waals surface area (Å²) in [6.45, 7) is 2.84. The van der Waals surface area contributed by atoms with Crippen LogP contribution in [-0.4, -0.2) is 23.1 Å². The van der Waals surface area contributed by atoms with Gasteiger partial charge in [0.05, 0.1) is 5.56 Å². The highest BCUT2D eigenvalue weighted by Crippen LogP contribution is 2.22. The van der Waals surface area contributed by atoms with E-state index in [1.807, 2.05) is 18.3 Å². The molecule has 0 amide bonds. The number of pyridine rings is 2. The van der Waals surface area contributed by atoms with E-state index in [0.29, 0.717) is 12.1 Å². The Kier molecular flexibility index (Phi) is 4.50. The third-order valence-electron chi connectivity index (χ3n) is 3.88. The number of hydrogen-bond acceptors (Lipinski definition) is 5. The molecule has 0 aromatic carbocycles. The van der Waals surface area contributed by atoms with Crippen LogP contribution >= 0.6 is 0 Å². The summed E-state index contributed by atoms with van der Waals surface area (Å²) >= 11 is 0. The summed E-state index contributed by atoms with van der Waals surface area (Å²) < 4.78 is 0. The molecule has 0 saturated carbocycles. The molecule has 2 aromatic rings. The van der Waals surface area contributed by atoms with Gasteiger partial charge in [0.15, 0.2) is 0 Å². The third kappa shape index (κ3) is 3.34. The summed E-state index contributed by atoms with van der Waals surface area (Å²) in [7, 11) is 0. The molecule has 3 rings (SSSR count). The van der Waals surface area contributed by atoms with E-state index in [0.717, 1.165) is 24.7 Å². The molecule has 0 spiro atoms. The van der Waals surface area contributed by atoms with Gasteiger partial charge in [-0.3, -0.25) is 0 Å². The van der Waals surface area contributed by atoms with Crippen LogP contribution in [0.3, 0.4) is 0 Å². The van der Waals surface area contributed by atoms with Gasteiger partial charge in [-0.2, -0.15) is 5.26 Å². The number of nitriles is 1. The second kappa shape index (κ2) is 6.90. The summed E-state index contributed by atoms with van der Waals surface area (Å²) in [6, 6.07) is 9.74. The molecular formula is C17H19N5. The maximum absolute atomic E-state index is 8.79. The first-order valence-corrected chi connectivity index (χ1v) is 7.66. The van der Waals surface area contributed by atoms with Crippen molar-refractivity contribution in [1.29, 1.82) is 5.26 Å². The van der Waals surface area contributed by atoms with Gasteiger partial charge in [0.1, 0.15) is 17.7 Å². The lowest BCUT2D eigenvalue weighted by Gasteiger charge is -2.29. The SMILES string of the molecule is N#Cc1ccc(NCc2cccnc2N2CCCCC2)nc1. The monoisotopic (exact) mass is 293 g/mol. The second-order valence-corrected chi connectivity index (χ2v) is 5.43. The van der Waals surface area contributed by atoms with E-state index < -0.39 is 0 Å². The fraction of sp³-hybridized carbons (Fsp3) is 0.353. The van der Waals surface area contributed by atoms with Crippen molar-refractivity contribution in [2.45, 2.75) is 25.8 Å². The van der Waals surface area contributed by atoms with Gasteiger partial charge in [0.25, 0.3) is 0 Å². The molecule has 5 heteroatoms. The molecular weight excluding hydrogens is 274 g/mol. The third-order valence-corrected chi connectivity index (χ3v) is 3.88. The normalized spacial score (nSPS) is 14.4. The van der Waals surface area contributed by atoms with Crippen LogP contribution in [-0.2, 0) is 6.54 Å². The Morgan fingerprint density at radius 2 is 2.00 bits per heavy atom. The summed E-state index contributed by atoms with van der Waals surface area (Å²) in [5.74, 6) is 1.84. The lowest BCUT2D eigenvalue weighted by Crippen LogP contribution is -2.31. The van der Waals surface area contributed by atoms with Gasteiger partial charge < -0.3 is 10.2 Å². The largest absolute Gasteiger partial charge is 0.366 e. The average Bonchev–Trinajstić information content (AvgIpc) is 2.61. The van der Waals surface area contributed by atoms with Crippen LogP contribution in [0.1, 0.15) is 30.4 Å². The van der Waals surface area contributed by atoms with Gasteiger partial charge in [-0.05, 0) is 37.5 Å². The van der Waals surface area contributed by atoms with Crippen molar-refractivity contribution < 1.29 is 0 Å². The molecule has 5 nitrogen and oxygen atoms in total. The quantitative estimate of drug-likeness (QED) is 0.939. The molecule has 1 saturated heterocycles. The van der Waals surface area contributed by atoms with E-state index in [2.05, 4.69) is 32.3 Å². The molecule has 112 valence electrons. The van der Waals surface area contributed by atoms with Crippen LogP contribution in [0, 0.1) is 11.3 Å². The van der Waals surface area contributed by atoms with E-state index in [9.17, 15) is 0 Å². The van der Waals surface area contributed by atoms with Gasteiger partial charge in [-0.1, -0.05) is 6.07 Å². The fourth-order valence-corrected chi connectivity index (χ4v) is 2.71. The molecule has 0 bridgehead atoms. The van der Waals surface area contributed by atoms with Gasteiger partial charge in [-0.25, -0.2) is 9.97 Å². The summed E-state index contributed by atoms with van der Waals surface area (Å²) in [5, 5.41) is 12.1. The molecule has 0 aliphatic carbocycles. The Morgan fingerprint density at radius 1 is 1.14 bits per heavy atom. The molecule has 22 heavy (non-hydrogen) atoms. The molecule has 1 fully saturated rings. The molecule has 1 N–H and O–H groups in total. The van der Waals surface area contributed by atoms with Crippen LogP contribution in [0.4, 0.5) is 11.6 Å². The zero-order valence-corrected chi connectivity index (χ0v) is 12.5. The number of anilines is 2. The number of aromatic nitrogens is 2. The van der Waals surface area contributed by atoms with Crippen LogP contribution in [0.2, 0.25) is 0 Å². The molecule has 2 aromatic heterocycles. The van der Waals surface area contributed by atoms with Crippen LogP contribution in [0.5, 0.6) is 0 Å². The molecule has 0 atom stereocenters. The van der Waals surface area contributed by atoms with Crippen LogP contribution in [0.25, 0.3) is 0 Å². The van der Waals surface area contributed by atoms with Crippen molar-refractivity contribution in [2.75, 3.05) is 23.3 Å². The molecule has 0 unspecified atom stereocenters. The minimum absolute atomic E-state index is 0.570. The zero-order valence-electron chi connectivity index (χ0n) is 12.5. The number of hydrogen-bond donors (Lipinski definition) is 1. The lowest BCUT2D eigenvalue weighted by molar-refractivity contribution is 0.572. The Hall–Kier alpha value is -2.61. The highest BCUT2D eigenvalue weighted by molar-refractivity contribution is 5.49. The first kappa shape index (κ1) is 14.3. The van der Waals surface area contributed by atoms with E-state index in [1.54, 1.807) is 12.3 Å². The highest BCUT2D eigenvalue weighted by Gasteiger charge is 2.15. The van der Waals surface area contributed by atoms with Crippen molar-refractivity contribution >= 4 is 11.6 Å². The van der Waals surface area contributed by atoms with Gasteiger partial charge >= 0.3 is 0 Å². The number of piperidine rings is 1. The maximum atomic E-state index is 8.79. The standard InChI is InChI=1S/C17H19N5/c18-11-14-6-7-16(20-12-14)21-13-15-5-4-8-19-17(15)22-9-2-1-3-10-22/h4-8,12H,1-3,9-10,13H2,(H,20,21). The predicted molar refractivity (Wildman–Crippen MR) is 86.6 cm³/mol. The van der Waals surface area contributed by atoms with Crippen molar-refractivity contribution in [2.24, 2.45) is 0 Å². The lowest BCUT2D eigenvalue weighted by atomic mass is 10.1. The van der Waals surface area contributed by atoms with Crippen LogP contribution in [0.15, 0.2) is 36.7 Å². The first-order valence-electron chi connectivity index (χ1n) is 7.66. The molecule has 3 heterocycles. The highest BCUT2D eigenvalue weighted by atomic mass is 15.2. The van der Waals surface area contributed by atoms with Crippen molar-refractivity contribution in [3.63, 3.8) is 0 Å².